The molecule has 49 heavy (non-hydrogen) atoms. The van der Waals surface area contributed by atoms with Crippen LogP contribution in [0.25, 0.3) is 33.6 Å². The molecule has 1 aliphatic heterocycles. The Morgan fingerprint density at radius 3 is 2.41 bits per heavy atom. The number of rotatable bonds is 9. The van der Waals surface area contributed by atoms with Gasteiger partial charge in [0, 0.05) is 35.0 Å². The first kappa shape index (κ1) is 34.6. The molecular formula is C42H43N2O5+. The Kier molecular flexibility index (Phi) is 10.9. The van der Waals surface area contributed by atoms with Crippen LogP contribution >= 0.6 is 0 Å². The smallest absolute Gasteiger partial charge is 0.374 e. The van der Waals surface area contributed by atoms with E-state index in [9.17, 15) is 19.8 Å². The number of aromatic nitrogens is 1. The lowest BCUT2D eigenvalue weighted by Gasteiger charge is -2.39. The zero-order valence-electron chi connectivity index (χ0n) is 28.1. The summed E-state index contributed by atoms with van der Waals surface area (Å²) in [5.74, 6) is -1.23. The van der Waals surface area contributed by atoms with Crippen LogP contribution in [0.4, 0.5) is 0 Å². The van der Waals surface area contributed by atoms with Crippen LogP contribution < -0.4 is 4.57 Å². The van der Waals surface area contributed by atoms with Gasteiger partial charge >= 0.3 is 17.8 Å². The third-order valence-electron chi connectivity index (χ3n) is 8.64. The molecule has 0 saturated heterocycles. The summed E-state index contributed by atoms with van der Waals surface area (Å²) < 4.78 is 8.11. The number of nitrogens with zero attached hydrogens (tertiary/aromatic N) is 2. The molecule has 0 radical (unpaired) electrons. The van der Waals surface area contributed by atoms with E-state index in [1.54, 1.807) is 0 Å². The molecule has 0 amide bonds. The summed E-state index contributed by atoms with van der Waals surface area (Å²) >= 11 is 0. The third-order valence-corrected chi connectivity index (χ3v) is 8.64. The highest BCUT2D eigenvalue weighted by Crippen LogP contribution is 2.40. The van der Waals surface area contributed by atoms with Gasteiger partial charge in [0.15, 0.2) is 6.54 Å². The quantitative estimate of drug-likeness (QED) is 0.138. The minimum absolute atomic E-state index is 0.0419. The van der Waals surface area contributed by atoms with Crippen molar-refractivity contribution in [1.82, 2.24) is 4.90 Å². The molecule has 0 saturated carbocycles. The van der Waals surface area contributed by atoms with E-state index in [0.29, 0.717) is 24.3 Å². The largest absolute Gasteiger partial charge is 0.481 e. The van der Waals surface area contributed by atoms with Gasteiger partial charge in [0.2, 0.25) is 5.58 Å². The molecule has 0 bridgehead atoms. The van der Waals surface area contributed by atoms with Gasteiger partial charge in [0.1, 0.15) is 6.42 Å². The average Bonchev–Trinajstić information content (AvgIpc) is 3.40. The predicted octanol–water partition coefficient (Wildman–Crippen LogP) is 8.89. The van der Waals surface area contributed by atoms with Crippen LogP contribution in [0.5, 0.6) is 0 Å². The maximum absolute atomic E-state index is 11.8. The summed E-state index contributed by atoms with van der Waals surface area (Å²) in [6, 6.07) is 20.1. The molecule has 2 heterocycles. The van der Waals surface area contributed by atoms with Gasteiger partial charge in [-0.3, -0.25) is 9.59 Å². The van der Waals surface area contributed by atoms with Crippen LogP contribution in [0.15, 0.2) is 138 Å². The van der Waals surface area contributed by atoms with Gasteiger partial charge in [0.05, 0.1) is 12.5 Å². The molecule has 0 spiro atoms. The number of carboxylic acids is 2. The number of carbonyl (C=O) groups is 2. The van der Waals surface area contributed by atoms with Gasteiger partial charge in [-0.25, -0.2) is 0 Å². The topological polar surface area (TPSA) is 94.9 Å². The SMILES string of the molecule is C=C1/C=C\C=C/Cc2ccccc2C(=C)N(CCC(=O)O)\C(=C/C=C/C=C/c2oc3cc4ccccc4cc3[n+]2CCC(=O)O)C(C)(C)C1. The van der Waals surface area contributed by atoms with Crippen LogP contribution in [0.1, 0.15) is 50.1 Å². The van der Waals surface area contributed by atoms with Crippen LogP contribution in [0.3, 0.4) is 0 Å². The van der Waals surface area contributed by atoms with Crippen molar-refractivity contribution in [3.05, 3.63) is 151 Å². The first-order valence-corrected chi connectivity index (χ1v) is 16.4. The molecule has 5 rings (SSSR count). The van der Waals surface area contributed by atoms with E-state index in [-0.39, 0.29) is 25.9 Å². The molecule has 0 fully saturated rings. The molecule has 7 heteroatoms. The lowest BCUT2D eigenvalue weighted by atomic mass is 9.80. The number of fused-ring (bicyclic) bond motifs is 3. The molecule has 0 unspecified atom stereocenters. The van der Waals surface area contributed by atoms with Crippen molar-refractivity contribution in [3.8, 4) is 0 Å². The number of aryl methyl sites for hydroxylation is 1. The van der Waals surface area contributed by atoms with E-state index < -0.39 is 17.4 Å². The predicted molar refractivity (Wildman–Crippen MR) is 196 cm³/mol. The van der Waals surface area contributed by atoms with Gasteiger partial charge < -0.3 is 19.5 Å². The molecule has 1 aromatic heterocycles. The number of benzene rings is 3. The molecule has 7 nitrogen and oxygen atoms in total. The number of oxazole rings is 1. The zero-order chi connectivity index (χ0) is 35.0. The van der Waals surface area contributed by atoms with Crippen molar-refractivity contribution in [2.75, 3.05) is 6.54 Å². The van der Waals surface area contributed by atoms with Gasteiger partial charge in [-0.2, -0.15) is 4.57 Å². The van der Waals surface area contributed by atoms with E-state index in [4.69, 9.17) is 4.42 Å². The summed E-state index contributed by atoms with van der Waals surface area (Å²) in [4.78, 5) is 25.4. The van der Waals surface area contributed by atoms with E-state index >= 15 is 0 Å². The van der Waals surface area contributed by atoms with E-state index in [0.717, 1.165) is 44.4 Å². The lowest BCUT2D eigenvalue weighted by Crippen LogP contribution is -2.36. The molecule has 4 aromatic rings. The fourth-order valence-electron chi connectivity index (χ4n) is 6.29. The highest BCUT2D eigenvalue weighted by molar-refractivity contribution is 5.93. The summed E-state index contributed by atoms with van der Waals surface area (Å²) in [6.07, 6.45) is 18.9. The lowest BCUT2D eigenvalue weighted by molar-refractivity contribution is -0.676. The second kappa shape index (κ2) is 15.5. The molecule has 0 atom stereocenters. The third kappa shape index (κ3) is 8.62. The maximum Gasteiger partial charge on any atom is 0.374 e. The second-order valence-corrected chi connectivity index (χ2v) is 12.8. The van der Waals surface area contributed by atoms with E-state index in [1.807, 2.05) is 113 Å². The van der Waals surface area contributed by atoms with Crippen LogP contribution in [-0.4, -0.2) is 33.6 Å². The van der Waals surface area contributed by atoms with Crippen LogP contribution in [0.2, 0.25) is 0 Å². The summed E-state index contributed by atoms with van der Waals surface area (Å²) in [5.41, 5.74) is 5.73. The first-order chi connectivity index (χ1) is 23.5. The van der Waals surface area contributed by atoms with Crippen molar-refractivity contribution in [3.63, 3.8) is 0 Å². The highest BCUT2D eigenvalue weighted by atomic mass is 16.4. The Bertz CT molecular complexity index is 2050. The molecular weight excluding hydrogens is 612 g/mol. The van der Waals surface area contributed by atoms with Gasteiger partial charge in [-0.15, -0.1) is 0 Å². The summed E-state index contributed by atoms with van der Waals surface area (Å²) in [6.45, 7) is 13.6. The van der Waals surface area contributed by atoms with Crippen molar-refractivity contribution in [2.45, 2.75) is 46.1 Å². The van der Waals surface area contributed by atoms with Crippen molar-refractivity contribution in [2.24, 2.45) is 5.41 Å². The number of carboxylic acid groups (broad SMARTS) is 2. The summed E-state index contributed by atoms with van der Waals surface area (Å²) in [7, 11) is 0. The Morgan fingerprint density at radius 2 is 1.65 bits per heavy atom. The van der Waals surface area contributed by atoms with Gasteiger partial charge in [-0.1, -0.05) is 124 Å². The fourth-order valence-corrected chi connectivity index (χ4v) is 6.29. The Labute approximate surface area is 287 Å². The number of aliphatic carboxylic acids is 2. The monoisotopic (exact) mass is 655 g/mol. The Morgan fingerprint density at radius 1 is 0.939 bits per heavy atom. The minimum Gasteiger partial charge on any atom is -0.481 e. The first-order valence-electron chi connectivity index (χ1n) is 16.4. The molecule has 250 valence electrons. The van der Waals surface area contributed by atoms with E-state index in [2.05, 4.69) is 39.1 Å². The van der Waals surface area contributed by atoms with Crippen molar-refractivity contribution in [1.29, 1.82) is 0 Å². The van der Waals surface area contributed by atoms with Crippen LogP contribution in [0, 0.1) is 5.41 Å². The Balaban J connectivity index is 1.54. The average molecular weight is 656 g/mol. The van der Waals surface area contributed by atoms with Crippen molar-refractivity contribution >= 4 is 45.6 Å². The highest BCUT2D eigenvalue weighted by Gasteiger charge is 2.30. The number of hydrogen-bond acceptors (Lipinski definition) is 4. The van der Waals surface area contributed by atoms with Gasteiger partial charge in [0.25, 0.3) is 5.52 Å². The second-order valence-electron chi connectivity index (χ2n) is 12.8. The molecule has 1 aliphatic rings. The minimum atomic E-state index is -0.884. The fraction of sp³-hybridized carbons (Fsp3) is 0.214. The number of hydrogen-bond donors (Lipinski definition) is 2. The van der Waals surface area contributed by atoms with E-state index in [1.165, 1.54) is 0 Å². The zero-order valence-corrected chi connectivity index (χ0v) is 28.1. The normalized spacial score (nSPS) is 17.7. The maximum atomic E-state index is 11.8. The van der Waals surface area contributed by atoms with Crippen molar-refractivity contribution < 1.29 is 28.8 Å². The standard InChI is InChI=1S/C42H42N2O5/c1-30-15-7-5-8-16-32-17-13-14-20-35(32)31(2)43(25-23-40(45)46)38(42(3,4)29-30)21-9-6-10-22-39-44(26-24-41(47)48)36-27-33-18-11-12-19-34(33)28-37(36)49-39/h5-15,17-22,27-28H,1-2,16,23-26,29H2,3-4H3,(H-,45,46,47,48)/p+1/b8-5-,15-7-. The molecule has 2 N–H and O–H groups in total. The summed E-state index contributed by atoms with van der Waals surface area (Å²) in [5, 5.41) is 21.2. The Hall–Kier alpha value is -5.69. The molecule has 3 aromatic carbocycles. The molecule has 0 aliphatic carbocycles. The van der Waals surface area contributed by atoms with Crippen LogP contribution in [-0.2, 0) is 22.6 Å². The van der Waals surface area contributed by atoms with Gasteiger partial charge in [-0.05, 0) is 41.3 Å². The number of allylic oxidation sites excluding steroid dienone is 10.